The van der Waals surface area contributed by atoms with E-state index in [0.29, 0.717) is 5.95 Å². The number of benzene rings is 1. The van der Waals surface area contributed by atoms with Crippen molar-refractivity contribution in [3.63, 3.8) is 0 Å². The highest BCUT2D eigenvalue weighted by molar-refractivity contribution is 5.82. The molecule has 1 heterocycles. The lowest BCUT2D eigenvalue weighted by molar-refractivity contribution is 0.833. The average Bonchev–Trinajstić information content (AvgIpc) is 2.58. The van der Waals surface area contributed by atoms with Crippen LogP contribution < -0.4 is 11.2 Å². The van der Waals surface area contributed by atoms with Gasteiger partial charge >= 0.3 is 0 Å². The molecule has 0 unspecified atom stereocenters. The monoisotopic (exact) mass is 218 g/mol. The van der Waals surface area contributed by atoms with Gasteiger partial charge in [-0.3, -0.25) is 0 Å². The maximum atomic E-state index is 5.90. The van der Waals surface area contributed by atoms with Gasteiger partial charge in [-0.2, -0.15) is 0 Å². The first-order chi connectivity index (χ1) is 7.65. The van der Waals surface area contributed by atoms with E-state index < -0.39 is 0 Å². The van der Waals surface area contributed by atoms with Gasteiger partial charge in [0.1, 0.15) is 0 Å². The van der Waals surface area contributed by atoms with E-state index in [1.807, 2.05) is 4.68 Å². The van der Waals surface area contributed by atoms with Crippen LogP contribution in [-0.2, 0) is 0 Å². The molecular weight excluding hydrogens is 200 g/mol. The van der Waals surface area contributed by atoms with Crippen molar-refractivity contribution in [3.05, 3.63) is 23.3 Å². The number of hydrogen-bond acceptors (Lipinski definition) is 3. The van der Waals surface area contributed by atoms with Gasteiger partial charge in [0.05, 0.1) is 11.0 Å². The van der Waals surface area contributed by atoms with Crippen molar-refractivity contribution in [2.24, 2.45) is 0 Å². The van der Waals surface area contributed by atoms with E-state index in [-0.39, 0.29) is 0 Å². The van der Waals surface area contributed by atoms with Crippen molar-refractivity contribution < 1.29 is 0 Å². The predicted octanol–water partition coefficient (Wildman–Crippen LogP) is 2.19. The van der Waals surface area contributed by atoms with E-state index in [1.165, 1.54) is 11.1 Å². The van der Waals surface area contributed by atoms with E-state index in [4.69, 9.17) is 5.73 Å². The van der Waals surface area contributed by atoms with Crippen LogP contribution in [0.25, 0.3) is 11.0 Å². The van der Waals surface area contributed by atoms with Crippen LogP contribution in [0.15, 0.2) is 12.1 Å². The first kappa shape index (κ1) is 10.8. The molecule has 0 aliphatic carbocycles. The Morgan fingerprint density at radius 2 is 2.12 bits per heavy atom. The molecule has 0 aliphatic rings. The van der Waals surface area contributed by atoms with E-state index in [0.717, 1.165) is 24.0 Å². The molecule has 1 aromatic carbocycles. The van der Waals surface area contributed by atoms with Crippen LogP contribution in [0.2, 0.25) is 0 Å². The summed E-state index contributed by atoms with van der Waals surface area (Å²) in [5.41, 5.74) is 13.6. The lowest BCUT2D eigenvalue weighted by atomic mass is 10.1. The van der Waals surface area contributed by atoms with Crippen LogP contribution in [0.3, 0.4) is 0 Å². The van der Waals surface area contributed by atoms with Crippen molar-refractivity contribution in [2.75, 3.05) is 17.7 Å². The fourth-order valence-electron chi connectivity index (χ4n) is 1.79. The molecule has 0 saturated carbocycles. The van der Waals surface area contributed by atoms with E-state index >= 15 is 0 Å². The Bertz CT molecular complexity index is 513. The smallest absolute Gasteiger partial charge is 0.220 e. The zero-order valence-electron chi connectivity index (χ0n) is 10.0. The summed E-state index contributed by atoms with van der Waals surface area (Å²) in [5.74, 6) is 0.525. The van der Waals surface area contributed by atoms with E-state index in [1.54, 1.807) is 0 Å². The Kier molecular flexibility index (Phi) is 2.73. The Morgan fingerprint density at radius 1 is 1.38 bits per heavy atom. The SMILES string of the molecule is CCCNn1c(N)nc2c(C)c(C)ccc21. The number of nitrogens with zero attached hydrogens (tertiary/aromatic N) is 2. The fourth-order valence-corrected chi connectivity index (χ4v) is 1.79. The zero-order valence-corrected chi connectivity index (χ0v) is 10.0. The third-order valence-corrected chi connectivity index (χ3v) is 2.90. The zero-order chi connectivity index (χ0) is 11.7. The van der Waals surface area contributed by atoms with Crippen molar-refractivity contribution in [1.82, 2.24) is 9.66 Å². The van der Waals surface area contributed by atoms with Gasteiger partial charge in [-0.15, -0.1) is 0 Å². The van der Waals surface area contributed by atoms with Gasteiger partial charge in [0.25, 0.3) is 0 Å². The molecule has 0 radical (unpaired) electrons. The number of hydrogen-bond donors (Lipinski definition) is 2. The first-order valence-electron chi connectivity index (χ1n) is 5.63. The summed E-state index contributed by atoms with van der Waals surface area (Å²) in [6.45, 7) is 7.18. The van der Waals surface area contributed by atoms with Crippen molar-refractivity contribution in [2.45, 2.75) is 27.2 Å². The number of imidazole rings is 1. The Morgan fingerprint density at radius 3 is 2.81 bits per heavy atom. The normalized spacial score (nSPS) is 10.9. The third-order valence-electron chi connectivity index (χ3n) is 2.90. The number of aromatic nitrogens is 2. The maximum Gasteiger partial charge on any atom is 0.220 e. The van der Waals surface area contributed by atoms with E-state index in [9.17, 15) is 0 Å². The predicted molar refractivity (Wildman–Crippen MR) is 68.1 cm³/mol. The Balaban J connectivity index is 2.58. The molecule has 0 spiro atoms. The van der Waals surface area contributed by atoms with Crippen LogP contribution in [0, 0.1) is 13.8 Å². The molecule has 4 nitrogen and oxygen atoms in total. The minimum absolute atomic E-state index is 0.525. The van der Waals surface area contributed by atoms with Crippen LogP contribution in [0.5, 0.6) is 0 Å². The summed E-state index contributed by atoms with van der Waals surface area (Å²) in [6, 6.07) is 4.16. The molecule has 0 fully saturated rings. The van der Waals surface area contributed by atoms with Gasteiger partial charge in [0.15, 0.2) is 0 Å². The van der Waals surface area contributed by atoms with Crippen LogP contribution in [0.1, 0.15) is 24.5 Å². The summed E-state index contributed by atoms with van der Waals surface area (Å²) in [4.78, 5) is 4.40. The van der Waals surface area contributed by atoms with Gasteiger partial charge in [-0.1, -0.05) is 13.0 Å². The van der Waals surface area contributed by atoms with Gasteiger partial charge < -0.3 is 11.2 Å². The number of nitrogens with two attached hydrogens (primary N) is 1. The van der Waals surface area contributed by atoms with Crippen molar-refractivity contribution >= 4 is 17.0 Å². The molecule has 0 saturated heterocycles. The number of rotatable bonds is 3. The molecule has 16 heavy (non-hydrogen) atoms. The second-order valence-corrected chi connectivity index (χ2v) is 4.09. The molecule has 0 amide bonds. The highest BCUT2D eigenvalue weighted by atomic mass is 15.5. The molecule has 2 aromatic rings. The highest BCUT2D eigenvalue weighted by Crippen LogP contribution is 2.22. The van der Waals surface area contributed by atoms with Crippen LogP contribution in [0.4, 0.5) is 5.95 Å². The lowest BCUT2D eigenvalue weighted by Gasteiger charge is -2.08. The summed E-state index contributed by atoms with van der Waals surface area (Å²) in [5, 5.41) is 0. The quantitative estimate of drug-likeness (QED) is 0.830. The average molecular weight is 218 g/mol. The first-order valence-corrected chi connectivity index (χ1v) is 5.63. The molecule has 3 N–H and O–H groups in total. The molecule has 0 atom stereocenters. The summed E-state index contributed by atoms with van der Waals surface area (Å²) in [6.07, 6.45) is 1.06. The van der Waals surface area contributed by atoms with Gasteiger partial charge in [-0.25, -0.2) is 9.66 Å². The molecule has 0 bridgehead atoms. The van der Waals surface area contributed by atoms with E-state index in [2.05, 4.69) is 43.3 Å². The van der Waals surface area contributed by atoms with Crippen LogP contribution >= 0.6 is 0 Å². The largest absolute Gasteiger partial charge is 0.368 e. The Labute approximate surface area is 95.4 Å². The number of anilines is 1. The minimum Gasteiger partial charge on any atom is -0.368 e. The van der Waals surface area contributed by atoms with Gasteiger partial charge in [-0.05, 0) is 37.5 Å². The second kappa shape index (κ2) is 4.04. The van der Waals surface area contributed by atoms with Gasteiger partial charge in [0, 0.05) is 6.54 Å². The van der Waals surface area contributed by atoms with Crippen molar-refractivity contribution in [1.29, 1.82) is 0 Å². The number of fused-ring (bicyclic) bond motifs is 1. The number of aryl methyl sites for hydroxylation is 2. The summed E-state index contributed by atoms with van der Waals surface area (Å²) < 4.78 is 1.87. The molecule has 2 rings (SSSR count). The maximum absolute atomic E-state index is 5.90. The molecule has 1 aromatic heterocycles. The molecular formula is C12H18N4. The molecule has 86 valence electrons. The molecule has 4 heteroatoms. The summed E-state index contributed by atoms with van der Waals surface area (Å²) >= 11 is 0. The standard InChI is InChI=1S/C12H18N4/c1-4-7-14-16-10-6-5-8(2)9(3)11(10)15-12(16)13/h5-6,14H,4,7H2,1-3H3,(H2,13,15). The summed E-state index contributed by atoms with van der Waals surface area (Å²) in [7, 11) is 0. The van der Waals surface area contributed by atoms with Gasteiger partial charge in [0.2, 0.25) is 5.95 Å². The highest BCUT2D eigenvalue weighted by Gasteiger charge is 2.10. The fraction of sp³-hybridized carbons (Fsp3) is 0.417. The van der Waals surface area contributed by atoms with Crippen LogP contribution in [-0.4, -0.2) is 16.2 Å². The topological polar surface area (TPSA) is 55.9 Å². The third kappa shape index (κ3) is 1.60. The number of nitrogen functional groups attached to an aromatic ring is 1. The lowest BCUT2D eigenvalue weighted by Crippen LogP contribution is -2.17. The number of nitrogens with one attached hydrogen (secondary N) is 1. The minimum atomic E-state index is 0.525. The Hall–Kier alpha value is -1.71. The second-order valence-electron chi connectivity index (χ2n) is 4.09. The van der Waals surface area contributed by atoms with Crippen molar-refractivity contribution in [3.8, 4) is 0 Å². The molecule has 0 aliphatic heterocycles.